The Labute approximate surface area is 104 Å². The van der Waals surface area contributed by atoms with Crippen LogP contribution in [-0.4, -0.2) is 36.5 Å². The first-order valence-electron chi connectivity index (χ1n) is 5.87. The molecule has 1 fully saturated rings. The van der Waals surface area contributed by atoms with Crippen LogP contribution in [0.25, 0.3) is 0 Å². The highest BCUT2D eigenvalue weighted by atomic mass is 19.4. The lowest BCUT2D eigenvalue weighted by molar-refractivity contribution is -0.152. The molecule has 0 saturated carbocycles. The average Bonchev–Trinajstić information content (AvgIpc) is 2.59. The van der Waals surface area contributed by atoms with Gasteiger partial charge >= 0.3 is 12.3 Å². The van der Waals surface area contributed by atoms with Gasteiger partial charge in [-0.2, -0.15) is 13.2 Å². The van der Waals surface area contributed by atoms with Crippen LogP contribution in [-0.2, 0) is 4.74 Å². The zero-order valence-electron chi connectivity index (χ0n) is 10.7. The summed E-state index contributed by atoms with van der Waals surface area (Å²) in [7, 11) is 0. The molecule has 1 heterocycles. The molecule has 0 aliphatic carbocycles. The zero-order valence-corrected chi connectivity index (χ0v) is 10.7. The van der Waals surface area contributed by atoms with Crippen LogP contribution in [0.1, 0.15) is 33.6 Å². The second-order valence-electron chi connectivity index (χ2n) is 5.42. The molecule has 1 aliphatic rings. The lowest BCUT2D eigenvalue weighted by Gasteiger charge is -2.21. The van der Waals surface area contributed by atoms with E-state index < -0.39 is 23.9 Å². The molecule has 7 heteroatoms. The molecule has 1 amide bonds. The van der Waals surface area contributed by atoms with Crippen molar-refractivity contribution in [2.24, 2.45) is 0 Å². The molecule has 2 atom stereocenters. The molecule has 106 valence electrons. The molecule has 2 N–H and O–H groups in total. The third-order valence-corrected chi connectivity index (χ3v) is 2.53. The van der Waals surface area contributed by atoms with Crippen LogP contribution >= 0.6 is 0 Å². The predicted molar refractivity (Wildman–Crippen MR) is 60.2 cm³/mol. The van der Waals surface area contributed by atoms with Gasteiger partial charge in [0.1, 0.15) is 11.6 Å². The molecule has 1 saturated heterocycles. The Morgan fingerprint density at radius 1 is 1.33 bits per heavy atom. The van der Waals surface area contributed by atoms with Crippen LogP contribution in [0, 0.1) is 0 Å². The van der Waals surface area contributed by atoms with Gasteiger partial charge in [-0.25, -0.2) is 4.79 Å². The van der Waals surface area contributed by atoms with E-state index in [4.69, 9.17) is 4.74 Å². The van der Waals surface area contributed by atoms with Gasteiger partial charge < -0.3 is 15.4 Å². The van der Waals surface area contributed by atoms with Crippen molar-refractivity contribution in [1.29, 1.82) is 0 Å². The highest BCUT2D eigenvalue weighted by Gasteiger charge is 2.43. The van der Waals surface area contributed by atoms with Crippen molar-refractivity contribution in [3.05, 3.63) is 0 Å². The highest BCUT2D eigenvalue weighted by molar-refractivity contribution is 5.67. The van der Waals surface area contributed by atoms with E-state index in [1.807, 2.05) is 0 Å². The van der Waals surface area contributed by atoms with E-state index >= 15 is 0 Å². The van der Waals surface area contributed by atoms with E-state index in [-0.39, 0.29) is 19.0 Å². The summed E-state index contributed by atoms with van der Waals surface area (Å²) in [5.74, 6) is 0. The van der Waals surface area contributed by atoms with Crippen molar-refractivity contribution in [3.8, 4) is 0 Å². The summed E-state index contributed by atoms with van der Waals surface area (Å²) in [5, 5.41) is 4.92. The molecule has 0 aromatic heterocycles. The number of amides is 1. The molecular formula is C11H19F3N2O2. The molecule has 0 spiro atoms. The van der Waals surface area contributed by atoms with Crippen molar-refractivity contribution >= 4 is 6.09 Å². The molecular weight excluding hydrogens is 249 g/mol. The van der Waals surface area contributed by atoms with E-state index in [0.717, 1.165) is 0 Å². The summed E-state index contributed by atoms with van der Waals surface area (Å²) >= 11 is 0. The molecule has 4 nitrogen and oxygen atoms in total. The monoisotopic (exact) mass is 268 g/mol. The largest absolute Gasteiger partial charge is 0.444 e. The number of ether oxygens (including phenoxy) is 1. The first-order chi connectivity index (χ1) is 8.08. The van der Waals surface area contributed by atoms with Gasteiger partial charge in [0.05, 0.1) is 0 Å². The Kier molecular flexibility index (Phi) is 4.47. The lowest BCUT2D eigenvalue weighted by atomic mass is 10.2. The summed E-state index contributed by atoms with van der Waals surface area (Å²) in [4.78, 5) is 11.3. The summed E-state index contributed by atoms with van der Waals surface area (Å²) < 4.78 is 42.1. The average molecular weight is 268 g/mol. The number of hydrogen-bond donors (Lipinski definition) is 2. The molecule has 0 aromatic carbocycles. The molecule has 0 unspecified atom stereocenters. The topological polar surface area (TPSA) is 50.4 Å². The number of alkyl halides is 3. The Bertz CT molecular complexity index is 300. The SMILES string of the molecule is CC(C)(C)OC(=O)NC[C@@H]1CC[C@@H](C(F)(F)F)N1. The van der Waals surface area contributed by atoms with Gasteiger partial charge in [-0.05, 0) is 33.6 Å². The van der Waals surface area contributed by atoms with E-state index in [9.17, 15) is 18.0 Å². The van der Waals surface area contributed by atoms with Crippen molar-refractivity contribution in [3.63, 3.8) is 0 Å². The number of hydrogen-bond acceptors (Lipinski definition) is 3. The minimum Gasteiger partial charge on any atom is -0.444 e. The van der Waals surface area contributed by atoms with Gasteiger partial charge in [0, 0.05) is 12.6 Å². The molecule has 0 bridgehead atoms. The Morgan fingerprint density at radius 2 is 1.94 bits per heavy atom. The van der Waals surface area contributed by atoms with Crippen LogP contribution in [0.3, 0.4) is 0 Å². The number of carbonyl (C=O) groups excluding carboxylic acids is 1. The number of nitrogens with one attached hydrogen (secondary N) is 2. The maximum absolute atomic E-state index is 12.4. The maximum Gasteiger partial charge on any atom is 0.407 e. The quantitative estimate of drug-likeness (QED) is 0.807. The summed E-state index contributed by atoms with van der Waals surface area (Å²) in [5.41, 5.74) is -0.609. The minimum atomic E-state index is -4.22. The van der Waals surface area contributed by atoms with Crippen LogP contribution in [0.2, 0.25) is 0 Å². The standard InChI is InChI=1S/C11H19F3N2O2/c1-10(2,3)18-9(17)15-6-7-4-5-8(16-7)11(12,13)14/h7-8,16H,4-6H2,1-3H3,(H,15,17)/t7-,8-/m0/s1. The summed E-state index contributed by atoms with van der Waals surface area (Å²) in [6.07, 6.45) is -4.40. The van der Waals surface area contributed by atoms with Gasteiger partial charge in [-0.1, -0.05) is 0 Å². The Balaban J connectivity index is 2.28. The second-order valence-corrected chi connectivity index (χ2v) is 5.42. The predicted octanol–water partition coefficient (Wildman–Crippen LogP) is 2.19. The van der Waals surface area contributed by atoms with Gasteiger partial charge in [-0.15, -0.1) is 0 Å². The van der Waals surface area contributed by atoms with E-state index in [1.165, 1.54) is 0 Å². The fraction of sp³-hybridized carbons (Fsp3) is 0.909. The molecule has 0 radical (unpaired) electrons. The fourth-order valence-electron chi connectivity index (χ4n) is 1.76. The molecule has 0 aromatic rings. The van der Waals surface area contributed by atoms with Crippen LogP contribution in [0.4, 0.5) is 18.0 Å². The van der Waals surface area contributed by atoms with Crippen molar-refractivity contribution in [1.82, 2.24) is 10.6 Å². The molecule has 1 aliphatic heterocycles. The normalized spacial score (nSPS) is 25.0. The third-order valence-electron chi connectivity index (χ3n) is 2.53. The zero-order chi connectivity index (χ0) is 14.0. The van der Waals surface area contributed by atoms with Crippen LogP contribution in [0.15, 0.2) is 0 Å². The second kappa shape index (κ2) is 5.34. The first-order valence-corrected chi connectivity index (χ1v) is 5.87. The third kappa shape index (κ3) is 5.12. The summed E-state index contributed by atoms with van der Waals surface area (Å²) in [6, 6.07) is -1.83. The summed E-state index contributed by atoms with van der Waals surface area (Å²) in [6.45, 7) is 5.31. The van der Waals surface area contributed by atoms with E-state index in [2.05, 4.69) is 10.6 Å². The fourth-order valence-corrected chi connectivity index (χ4v) is 1.76. The van der Waals surface area contributed by atoms with Crippen molar-refractivity contribution in [2.75, 3.05) is 6.54 Å². The smallest absolute Gasteiger partial charge is 0.407 e. The molecule has 1 rings (SSSR count). The van der Waals surface area contributed by atoms with Crippen molar-refractivity contribution in [2.45, 2.75) is 57.5 Å². The Morgan fingerprint density at radius 3 is 2.39 bits per heavy atom. The maximum atomic E-state index is 12.4. The minimum absolute atomic E-state index is 0.0458. The van der Waals surface area contributed by atoms with Gasteiger partial charge in [0.2, 0.25) is 0 Å². The van der Waals surface area contributed by atoms with Crippen LogP contribution < -0.4 is 10.6 Å². The van der Waals surface area contributed by atoms with E-state index in [0.29, 0.717) is 6.42 Å². The van der Waals surface area contributed by atoms with Crippen molar-refractivity contribution < 1.29 is 22.7 Å². The van der Waals surface area contributed by atoms with Gasteiger partial charge in [0.25, 0.3) is 0 Å². The lowest BCUT2D eigenvalue weighted by Crippen LogP contribution is -2.45. The Hall–Kier alpha value is -0.980. The highest BCUT2D eigenvalue weighted by Crippen LogP contribution is 2.28. The first kappa shape index (κ1) is 15.1. The van der Waals surface area contributed by atoms with Crippen LogP contribution in [0.5, 0.6) is 0 Å². The number of carbonyl (C=O) groups is 1. The number of rotatable bonds is 2. The molecule has 18 heavy (non-hydrogen) atoms. The number of alkyl carbamates (subject to hydrolysis) is 1. The van der Waals surface area contributed by atoms with Gasteiger partial charge in [0.15, 0.2) is 0 Å². The van der Waals surface area contributed by atoms with E-state index in [1.54, 1.807) is 20.8 Å². The number of halogens is 3. The van der Waals surface area contributed by atoms with Gasteiger partial charge in [-0.3, -0.25) is 0 Å².